The van der Waals surface area contributed by atoms with Gasteiger partial charge in [-0.25, -0.2) is 0 Å². The first-order valence-corrected chi connectivity index (χ1v) is 8.06. The first kappa shape index (κ1) is 18.5. The van der Waals surface area contributed by atoms with Crippen LogP contribution in [0, 0.1) is 5.41 Å². The Morgan fingerprint density at radius 1 is 1.27 bits per heavy atom. The molecule has 0 aliphatic heterocycles. The predicted octanol–water partition coefficient (Wildman–Crippen LogP) is 3.06. The summed E-state index contributed by atoms with van der Waals surface area (Å²) in [6, 6.07) is 8.17. The normalized spacial score (nSPS) is 11.6. The average Bonchev–Trinajstić information content (AvgIpc) is 2.46. The van der Waals surface area contributed by atoms with Crippen LogP contribution < -0.4 is 10.2 Å². The third-order valence-electron chi connectivity index (χ3n) is 3.94. The van der Waals surface area contributed by atoms with Crippen LogP contribution in [0.1, 0.15) is 51.4 Å². The van der Waals surface area contributed by atoms with E-state index in [1.165, 1.54) is 0 Å². The van der Waals surface area contributed by atoms with E-state index in [1.807, 2.05) is 38.1 Å². The van der Waals surface area contributed by atoms with E-state index < -0.39 is 0 Å². The van der Waals surface area contributed by atoms with E-state index >= 15 is 0 Å². The lowest BCUT2D eigenvalue weighted by Gasteiger charge is -2.27. The van der Waals surface area contributed by atoms with Crippen molar-refractivity contribution in [3.05, 3.63) is 29.8 Å². The molecule has 22 heavy (non-hydrogen) atoms. The van der Waals surface area contributed by atoms with E-state index in [-0.39, 0.29) is 17.9 Å². The lowest BCUT2D eigenvalue weighted by Crippen LogP contribution is -2.34. The van der Waals surface area contributed by atoms with Crippen molar-refractivity contribution in [3.8, 4) is 0 Å². The Bertz CT molecular complexity index is 466. The Morgan fingerprint density at radius 3 is 2.32 bits per heavy atom. The van der Waals surface area contributed by atoms with Crippen LogP contribution in [-0.4, -0.2) is 36.8 Å². The molecule has 0 radical (unpaired) electrons. The van der Waals surface area contributed by atoms with Crippen LogP contribution in [0.2, 0.25) is 0 Å². The van der Waals surface area contributed by atoms with Gasteiger partial charge in [-0.2, -0.15) is 0 Å². The van der Waals surface area contributed by atoms with Crippen LogP contribution in [0.25, 0.3) is 0 Å². The van der Waals surface area contributed by atoms with Crippen LogP contribution in [0.4, 0.5) is 5.69 Å². The number of amides is 1. The van der Waals surface area contributed by atoms with E-state index in [0.717, 1.165) is 12.2 Å². The van der Waals surface area contributed by atoms with Crippen LogP contribution in [-0.2, 0) is 0 Å². The van der Waals surface area contributed by atoms with Crippen LogP contribution >= 0.6 is 0 Å². The molecule has 1 aromatic rings. The molecule has 1 rings (SSSR count). The molecule has 0 heterocycles. The van der Waals surface area contributed by atoms with E-state index in [9.17, 15) is 4.79 Å². The first-order chi connectivity index (χ1) is 10.3. The fourth-order valence-electron chi connectivity index (χ4n) is 2.46. The zero-order valence-corrected chi connectivity index (χ0v) is 14.5. The molecule has 1 aromatic carbocycles. The zero-order chi connectivity index (χ0) is 16.8. The molecule has 0 bridgehead atoms. The number of nitrogens with one attached hydrogen (secondary N) is 1. The van der Waals surface area contributed by atoms with Gasteiger partial charge in [0.05, 0.1) is 0 Å². The van der Waals surface area contributed by atoms with Crippen molar-refractivity contribution in [2.24, 2.45) is 5.41 Å². The minimum Gasteiger partial charge on any atom is -0.396 e. The van der Waals surface area contributed by atoms with Crippen molar-refractivity contribution in [3.63, 3.8) is 0 Å². The lowest BCUT2D eigenvalue weighted by molar-refractivity contribution is 0.0928. The van der Waals surface area contributed by atoms with Gasteiger partial charge in [0.1, 0.15) is 0 Å². The Morgan fingerprint density at radius 2 is 1.86 bits per heavy atom. The van der Waals surface area contributed by atoms with Crippen molar-refractivity contribution >= 4 is 11.6 Å². The molecule has 1 amide bonds. The summed E-state index contributed by atoms with van der Waals surface area (Å²) in [5.74, 6) is -0.0647. The zero-order valence-electron chi connectivity index (χ0n) is 14.5. The van der Waals surface area contributed by atoms with E-state index in [2.05, 4.69) is 31.0 Å². The van der Waals surface area contributed by atoms with E-state index in [1.54, 1.807) is 0 Å². The van der Waals surface area contributed by atoms with Gasteiger partial charge in [-0.3, -0.25) is 4.79 Å². The highest BCUT2D eigenvalue weighted by atomic mass is 16.3. The summed E-state index contributed by atoms with van der Waals surface area (Å²) in [4.78, 5) is 14.5. The smallest absolute Gasteiger partial charge is 0.251 e. The number of rotatable bonds is 8. The van der Waals surface area contributed by atoms with Gasteiger partial charge >= 0.3 is 0 Å². The molecule has 124 valence electrons. The van der Waals surface area contributed by atoms with Crippen LogP contribution in [0.3, 0.4) is 0 Å². The van der Waals surface area contributed by atoms with Crippen molar-refractivity contribution < 1.29 is 9.90 Å². The SMILES string of the molecule is CCN(c1ccc(C(=O)NCC(C)(C)CCO)cc1)C(C)C. The van der Waals surface area contributed by atoms with Crippen molar-refractivity contribution in [1.29, 1.82) is 0 Å². The molecule has 0 saturated heterocycles. The summed E-state index contributed by atoms with van der Waals surface area (Å²) in [6.07, 6.45) is 0.673. The number of anilines is 1. The Hall–Kier alpha value is -1.55. The fourth-order valence-corrected chi connectivity index (χ4v) is 2.46. The number of nitrogens with zero attached hydrogens (tertiary/aromatic N) is 1. The van der Waals surface area contributed by atoms with Crippen molar-refractivity contribution in [2.75, 3.05) is 24.6 Å². The van der Waals surface area contributed by atoms with Crippen LogP contribution in [0.15, 0.2) is 24.3 Å². The van der Waals surface area contributed by atoms with Gasteiger partial charge in [0, 0.05) is 37.0 Å². The third kappa shape index (κ3) is 5.34. The Balaban J connectivity index is 2.68. The van der Waals surface area contributed by atoms with Gasteiger partial charge < -0.3 is 15.3 Å². The van der Waals surface area contributed by atoms with E-state index in [4.69, 9.17) is 5.11 Å². The average molecular weight is 306 g/mol. The van der Waals surface area contributed by atoms with Gasteiger partial charge in [0.25, 0.3) is 5.91 Å². The summed E-state index contributed by atoms with van der Waals surface area (Å²) >= 11 is 0. The maximum Gasteiger partial charge on any atom is 0.251 e. The van der Waals surface area contributed by atoms with E-state index in [0.29, 0.717) is 24.6 Å². The second-order valence-corrected chi connectivity index (χ2v) is 6.75. The van der Waals surface area contributed by atoms with Crippen molar-refractivity contribution in [2.45, 2.75) is 47.1 Å². The Labute approximate surface area is 134 Å². The van der Waals surface area contributed by atoms with Gasteiger partial charge in [-0.05, 0) is 56.9 Å². The summed E-state index contributed by atoms with van der Waals surface area (Å²) in [5.41, 5.74) is 1.71. The first-order valence-electron chi connectivity index (χ1n) is 8.06. The van der Waals surface area contributed by atoms with Gasteiger partial charge in [0.15, 0.2) is 0 Å². The van der Waals surface area contributed by atoms with Crippen LogP contribution in [0.5, 0.6) is 0 Å². The highest BCUT2D eigenvalue weighted by Gasteiger charge is 2.18. The number of carbonyl (C=O) groups excluding carboxylic acids is 1. The molecule has 0 aromatic heterocycles. The molecule has 4 heteroatoms. The molecule has 2 N–H and O–H groups in total. The highest BCUT2D eigenvalue weighted by Crippen LogP contribution is 2.19. The fraction of sp³-hybridized carbons (Fsp3) is 0.611. The molecule has 0 fully saturated rings. The number of aliphatic hydroxyl groups excluding tert-OH is 1. The number of aliphatic hydroxyl groups is 1. The monoisotopic (exact) mass is 306 g/mol. The topological polar surface area (TPSA) is 52.6 Å². The minimum absolute atomic E-state index is 0.0647. The van der Waals surface area contributed by atoms with Crippen molar-refractivity contribution in [1.82, 2.24) is 5.32 Å². The quantitative estimate of drug-likeness (QED) is 0.776. The Kier molecular flexibility index (Phi) is 6.88. The molecular weight excluding hydrogens is 276 g/mol. The van der Waals surface area contributed by atoms with Gasteiger partial charge in [0.2, 0.25) is 0 Å². The van der Waals surface area contributed by atoms with Gasteiger partial charge in [-0.15, -0.1) is 0 Å². The minimum atomic E-state index is -0.0962. The van der Waals surface area contributed by atoms with Gasteiger partial charge in [-0.1, -0.05) is 13.8 Å². The summed E-state index contributed by atoms with van der Waals surface area (Å²) in [5, 5.41) is 12.0. The number of hydrogen-bond donors (Lipinski definition) is 2. The summed E-state index contributed by atoms with van der Waals surface area (Å²) in [6.45, 7) is 12.2. The molecule has 4 nitrogen and oxygen atoms in total. The molecule has 0 aliphatic rings. The maximum absolute atomic E-state index is 12.2. The predicted molar refractivity (Wildman–Crippen MR) is 92.4 cm³/mol. The number of hydrogen-bond acceptors (Lipinski definition) is 3. The molecule has 0 unspecified atom stereocenters. The standard InChI is InChI=1S/C18H30N2O2/c1-6-20(14(2)3)16-9-7-15(8-10-16)17(22)19-13-18(4,5)11-12-21/h7-10,14,21H,6,11-13H2,1-5H3,(H,19,22). The molecule has 0 aliphatic carbocycles. The summed E-state index contributed by atoms with van der Waals surface area (Å²) < 4.78 is 0. The third-order valence-corrected chi connectivity index (χ3v) is 3.94. The number of benzene rings is 1. The molecular formula is C18H30N2O2. The summed E-state index contributed by atoms with van der Waals surface area (Å²) in [7, 11) is 0. The number of carbonyl (C=O) groups is 1. The lowest BCUT2D eigenvalue weighted by atomic mass is 9.89. The highest BCUT2D eigenvalue weighted by molar-refractivity contribution is 5.94. The second kappa shape index (κ2) is 8.18. The maximum atomic E-state index is 12.2. The molecule has 0 spiro atoms. The molecule has 0 saturated carbocycles. The molecule has 0 atom stereocenters. The largest absolute Gasteiger partial charge is 0.396 e. The second-order valence-electron chi connectivity index (χ2n) is 6.75.